The van der Waals surface area contributed by atoms with Crippen LogP contribution in [0, 0.1) is 26.1 Å². The van der Waals surface area contributed by atoms with Crippen molar-refractivity contribution in [2.24, 2.45) is 5.92 Å². The van der Waals surface area contributed by atoms with Crippen molar-refractivity contribution in [3.63, 3.8) is 0 Å². The van der Waals surface area contributed by atoms with E-state index in [0.717, 1.165) is 160 Å². The number of ketones is 4. The number of non-ortho nitro benzene ring substituents is 2. The van der Waals surface area contributed by atoms with E-state index >= 15 is 0 Å². The van der Waals surface area contributed by atoms with Crippen LogP contribution in [0.15, 0.2) is 274 Å². The number of aryl methyl sites for hydroxylation is 4. The first-order valence-electron chi connectivity index (χ1n) is 41.0. The molecule has 0 saturated carbocycles. The molecule has 0 amide bonds. The number of nitrogens with zero attached hydrogens (tertiary/aromatic N) is 7. The minimum absolute atomic E-state index is 0.00809. The number of fused-ring (bicyclic) bond motifs is 6. The summed E-state index contributed by atoms with van der Waals surface area (Å²) in [5.41, 5.74) is 15.3. The predicted octanol–water partition coefficient (Wildman–Crippen LogP) is 23.2. The zero-order valence-corrected chi connectivity index (χ0v) is 73.0. The van der Waals surface area contributed by atoms with Gasteiger partial charge in [0.2, 0.25) is 0 Å². The zero-order chi connectivity index (χ0) is 90.0. The maximum atomic E-state index is 12.9. The van der Waals surface area contributed by atoms with Gasteiger partial charge in [0.15, 0.2) is 23.1 Å². The second-order valence-electron chi connectivity index (χ2n) is 29.4. The summed E-state index contributed by atoms with van der Waals surface area (Å²) in [5.74, 6) is 6.22. The molecule has 0 saturated heterocycles. The molecule has 0 unspecified atom stereocenters. The Morgan fingerprint density at radius 2 is 0.746 bits per heavy atom. The van der Waals surface area contributed by atoms with E-state index in [1.54, 1.807) is 106 Å². The van der Waals surface area contributed by atoms with Gasteiger partial charge in [-0.05, 0) is 179 Å². The van der Waals surface area contributed by atoms with Crippen LogP contribution in [-0.4, -0.2) is 118 Å². The number of rotatable bonds is 24. The number of aromatic amines is 1. The summed E-state index contributed by atoms with van der Waals surface area (Å²) >= 11 is 0. The summed E-state index contributed by atoms with van der Waals surface area (Å²) in [6.07, 6.45) is 11.6. The fourth-order valence-electron chi connectivity index (χ4n) is 15.0. The molecule has 0 aliphatic rings. The van der Waals surface area contributed by atoms with Gasteiger partial charge in [-0.2, -0.15) is 0 Å². The summed E-state index contributed by atoms with van der Waals surface area (Å²) in [7, 11) is 13.0. The number of Topliss-reactive ketones (excluding diaryl/α,β-unsaturated/α-hetero) is 2. The maximum absolute atomic E-state index is 12.9. The Morgan fingerprint density at radius 1 is 0.349 bits per heavy atom. The first-order valence-corrected chi connectivity index (χ1v) is 41.0. The van der Waals surface area contributed by atoms with Crippen molar-refractivity contribution in [2.45, 2.75) is 74.6 Å². The highest BCUT2D eigenvalue weighted by atomic mass is 16.6. The SMILES string of the molecule is CCn1cc(-c2ccccc2)c2cc([N+](=O)[O-])ccc21.CCn1cc(C(=O)C(C)C)c2ccc(OC)cc21.CCn1cc(C(=O)c2cccc(OC)c2)c2cc(OC)ccc21.CCn1cc(C(=O)c2cccc(OC)c2)c2ccc(OC)cc21.COc1ccc(-c2c[nH]c3ccc([N+](=O)[O-])cc23)cc1.COc1ccc(-n2cc(C(C)=O)c3cc(OC)ccc32)cc1. The van der Waals surface area contributed by atoms with E-state index in [1.165, 1.54) is 6.07 Å². The molecule has 6 aromatic heterocycles. The Bertz CT molecular complexity index is 6780. The molecule has 126 heavy (non-hydrogen) atoms. The predicted molar refractivity (Wildman–Crippen MR) is 498 cm³/mol. The van der Waals surface area contributed by atoms with Gasteiger partial charge in [0.25, 0.3) is 11.4 Å². The molecule has 17 rings (SSSR count). The van der Waals surface area contributed by atoms with Crippen molar-refractivity contribution >= 4 is 99.9 Å². The van der Waals surface area contributed by atoms with E-state index in [4.69, 9.17) is 37.9 Å². The molecule has 17 aromatic rings. The molecule has 1 N–H and O–H groups in total. The van der Waals surface area contributed by atoms with Crippen LogP contribution in [0.25, 0.3) is 93.4 Å². The zero-order valence-electron chi connectivity index (χ0n) is 73.0. The Labute approximate surface area is 729 Å². The fourth-order valence-corrected chi connectivity index (χ4v) is 15.0. The van der Waals surface area contributed by atoms with Crippen molar-refractivity contribution in [2.75, 3.05) is 56.9 Å². The minimum atomic E-state index is -0.385. The number of methoxy groups -OCH3 is 8. The standard InChI is InChI=1S/2C19H19NO3.C18H17NO3.C16H14N2O2.C15H12N2O3.C15H19NO2/c1-4-20-12-17(16-11-15(23-3)8-9-18(16)20)19(21)13-6-5-7-14(10-13)22-2;1-4-20-12-17(16-9-8-15(23-3)11-18(16)20)19(21)13-6-5-7-14(10-13)22-2;1-12(20)17-11-19(13-4-6-14(21-2)7-5-13)18-9-8-15(22-3)10-16(17)18;1-2-17-11-15(12-6-4-3-5-7-12)14-10-13(18(19)20)8-9-16(14)17;1-20-12-5-2-10(3-6-12)14-9-16-15-7-4-11(17(18)19)8-13(14)15;1-5-16-9-13(15(17)10(2)3)12-7-6-11(18-4)8-14(12)16/h2*5-12H,4H2,1-3H3;4-11H,1-3H3;3-11H,2H2,1H3;2-9,16H,1H3;6-10H,5H2,1-4H3. The third-order valence-electron chi connectivity index (χ3n) is 21.8. The summed E-state index contributed by atoms with van der Waals surface area (Å²) in [6.45, 7) is 17.0. The second kappa shape index (κ2) is 40.9. The highest BCUT2D eigenvalue weighted by molar-refractivity contribution is 6.18. The lowest BCUT2D eigenvalue weighted by Crippen LogP contribution is -2.06. The van der Waals surface area contributed by atoms with E-state index in [0.29, 0.717) is 39.3 Å². The summed E-state index contributed by atoms with van der Waals surface area (Å²) in [6, 6.07) is 72.8. The van der Waals surface area contributed by atoms with Crippen LogP contribution in [0.4, 0.5) is 11.4 Å². The Hall–Kier alpha value is -15.5. The number of nitro groups is 2. The molecule has 24 heteroatoms. The Kier molecular flexibility index (Phi) is 29.2. The molecular formula is C102H100N8O16. The third kappa shape index (κ3) is 19.8. The van der Waals surface area contributed by atoms with Crippen LogP contribution in [0.2, 0.25) is 0 Å². The van der Waals surface area contributed by atoms with E-state index in [-0.39, 0.29) is 50.3 Å². The van der Waals surface area contributed by atoms with Gasteiger partial charge < -0.3 is 65.7 Å². The molecule has 0 fully saturated rings. The molecule has 0 atom stereocenters. The molecule has 6 heterocycles. The first-order chi connectivity index (χ1) is 60.9. The number of H-pyrrole nitrogens is 1. The van der Waals surface area contributed by atoms with Gasteiger partial charge in [0.1, 0.15) is 46.0 Å². The monoisotopic (exact) mass is 1690 g/mol. The second-order valence-corrected chi connectivity index (χ2v) is 29.4. The third-order valence-corrected chi connectivity index (χ3v) is 21.8. The van der Waals surface area contributed by atoms with Crippen molar-refractivity contribution in [3.8, 4) is 73.9 Å². The van der Waals surface area contributed by atoms with Crippen molar-refractivity contribution in [1.29, 1.82) is 0 Å². The number of carbonyl (C=O) groups excluding carboxylic acids is 4. The molecule has 0 bridgehead atoms. The van der Waals surface area contributed by atoms with Crippen LogP contribution in [0.5, 0.6) is 46.0 Å². The van der Waals surface area contributed by atoms with Crippen molar-refractivity contribution < 1.29 is 66.9 Å². The molecule has 11 aromatic carbocycles. The summed E-state index contributed by atoms with van der Waals surface area (Å²) < 4.78 is 52.2. The number of nitro benzene ring substituents is 2. The lowest BCUT2D eigenvalue weighted by molar-refractivity contribution is -0.384. The highest BCUT2D eigenvalue weighted by Gasteiger charge is 2.23. The average Bonchev–Trinajstić information content (AvgIpc) is 1.75. The lowest BCUT2D eigenvalue weighted by Gasteiger charge is -2.07. The number of benzene rings is 11. The maximum Gasteiger partial charge on any atom is 0.270 e. The quantitative estimate of drug-likeness (QED) is 0.0334. The molecule has 24 nitrogen and oxygen atoms in total. The summed E-state index contributed by atoms with van der Waals surface area (Å²) in [5, 5.41) is 27.3. The van der Waals surface area contributed by atoms with Gasteiger partial charge in [-0.1, -0.05) is 80.6 Å². The van der Waals surface area contributed by atoms with E-state index < -0.39 is 0 Å². The molecule has 0 aliphatic carbocycles. The summed E-state index contributed by atoms with van der Waals surface area (Å²) in [4.78, 5) is 74.2. The van der Waals surface area contributed by atoms with Gasteiger partial charge >= 0.3 is 0 Å². The van der Waals surface area contributed by atoms with Crippen LogP contribution >= 0.6 is 0 Å². The van der Waals surface area contributed by atoms with E-state index in [2.05, 4.69) is 57.1 Å². The number of ether oxygens (including phenoxy) is 8. The van der Waals surface area contributed by atoms with Crippen LogP contribution in [-0.2, 0) is 26.2 Å². The molecule has 644 valence electrons. The van der Waals surface area contributed by atoms with Gasteiger partial charge in [-0.15, -0.1) is 0 Å². The topological polar surface area (TPSA) is 269 Å². The van der Waals surface area contributed by atoms with Crippen LogP contribution in [0.3, 0.4) is 0 Å². The molecule has 0 aliphatic heterocycles. The number of hydrogen-bond acceptors (Lipinski definition) is 16. The molecule has 0 spiro atoms. The minimum Gasteiger partial charge on any atom is -0.497 e. The van der Waals surface area contributed by atoms with Crippen LogP contribution < -0.4 is 37.9 Å². The Morgan fingerprint density at radius 3 is 1.24 bits per heavy atom. The largest absolute Gasteiger partial charge is 0.497 e. The van der Waals surface area contributed by atoms with Crippen molar-refractivity contribution in [3.05, 3.63) is 327 Å². The number of nitrogens with one attached hydrogen (secondary N) is 1. The highest BCUT2D eigenvalue weighted by Crippen LogP contribution is 2.38. The van der Waals surface area contributed by atoms with Gasteiger partial charge in [-0.3, -0.25) is 39.4 Å². The van der Waals surface area contributed by atoms with Gasteiger partial charge in [0.05, 0.1) is 83.3 Å². The fraction of sp³-hybridized carbons (Fsp3) is 0.196. The molecular weight excluding hydrogens is 1590 g/mol. The van der Waals surface area contributed by atoms with E-state index in [9.17, 15) is 39.4 Å². The van der Waals surface area contributed by atoms with E-state index in [1.807, 2.05) is 237 Å². The first kappa shape index (κ1) is 89.8. The molecule has 0 radical (unpaired) electrons. The van der Waals surface area contributed by atoms with Crippen LogP contribution in [0.1, 0.15) is 101 Å². The Balaban J connectivity index is 0.000000138. The van der Waals surface area contributed by atoms with Gasteiger partial charge in [-0.25, -0.2) is 0 Å². The smallest absolute Gasteiger partial charge is 0.270 e. The normalized spacial score (nSPS) is 10.8. The number of aromatic nitrogens is 6. The van der Waals surface area contributed by atoms with Gasteiger partial charge in [0, 0.05) is 205 Å². The van der Waals surface area contributed by atoms with Crippen molar-refractivity contribution in [1.82, 2.24) is 27.8 Å². The number of hydrogen-bond donors (Lipinski definition) is 1. The number of carbonyl (C=O) groups is 4. The average molecular weight is 1690 g/mol. The lowest BCUT2D eigenvalue weighted by atomic mass is 10.0.